The second-order valence-corrected chi connectivity index (χ2v) is 7.77. The molecule has 0 atom stereocenters. The molecule has 1 aromatic heterocycles. The van der Waals surface area contributed by atoms with Gasteiger partial charge in [0.2, 0.25) is 0 Å². The van der Waals surface area contributed by atoms with Gasteiger partial charge >= 0.3 is 6.03 Å². The molecule has 30 heavy (non-hydrogen) atoms. The first-order valence-corrected chi connectivity index (χ1v) is 10.4. The SMILES string of the molecule is CNC(=O)N(O)C1(c2ccc(OCc3ccc4ccccc4n3)cc2)CCCCC1. The van der Waals surface area contributed by atoms with E-state index in [4.69, 9.17) is 4.74 Å². The van der Waals surface area contributed by atoms with E-state index in [-0.39, 0.29) is 0 Å². The van der Waals surface area contributed by atoms with E-state index in [1.165, 1.54) is 7.05 Å². The van der Waals surface area contributed by atoms with Crippen LogP contribution in [-0.4, -0.2) is 28.3 Å². The average molecular weight is 405 g/mol. The maximum absolute atomic E-state index is 12.1. The zero-order valence-corrected chi connectivity index (χ0v) is 17.2. The predicted molar refractivity (Wildman–Crippen MR) is 115 cm³/mol. The first kappa shape index (κ1) is 20.2. The molecule has 3 aromatic rings. The van der Waals surface area contributed by atoms with E-state index in [0.29, 0.717) is 6.61 Å². The lowest BCUT2D eigenvalue weighted by atomic mass is 9.76. The van der Waals surface area contributed by atoms with Crippen LogP contribution in [0.2, 0.25) is 0 Å². The van der Waals surface area contributed by atoms with E-state index in [1.54, 1.807) is 0 Å². The van der Waals surface area contributed by atoms with Gasteiger partial charge in [0.15, 0.2) is 0 Å². The Bertz CT molecular complexity index is 1010. The molecule has 0 bridgehead atoms. The van der Waals surface area contributed by atoms with Gasteiger partial charge in [0.1, 0.15) is 12.4 Å². The van der Waals surface area contributed by atoms with Crippen LogP contribution in [0.5, 0.6) is 5.75 Å². The van der Waals surface area contributed by atoms with Crippen LogP contribution in [0.15, 0.2) is 60.7 Å². The summed E-state index contributed by atoms with van der Waals surface area (Å²) < 4.78 is 5.93. The van der Waals surface area contributed by atoms with Gasteiger partial charge in [-0.25, -0.2) is 9.78 Å². The van der Waals surface area contributed by atoms with Crippen LogP contribution in [0, 0.1) is 0 Å². The molecule has 2 N–H and O–H groups in total. The van der Waals surface area contributed by atoms with Crippen LogP contribution in [0.25, 0.3) is 10.9 Å². The van der Waals surface area contributed by atoms with E-state index < -0.39 is 11.6 Å². The lowest BCUT2D eigenvalue weighted by Gasteiger charge is -2.42. The fourth-order valence-corrected chi connectivity index (χ4v) is 4.27. The highest BCUT2D eigenvalue weighted by molar-refractivity contribution is 5.78. The number of hydrogen-bond acceptors (Lipinski definition) is 4. The number of carbonyl (C=O) groups excluding carboxylic acids is 1. The Morgan fingerprint density at radius 3 is 2.53 bits per heavy atom. The fourth-order valence-electron chi connectivity index (χ4n) is 4.27. The summed E-state index contributed by atoms with van der Waals surface area (Å²) in [6.07, 6.45) is 4.53. The summed E-state index contributed by atoms with van der Waals surface area (Å²) in [5.41, 5.74) is 2.04. The first-order chi connectivity index (χ1) is 14.6. The fraction of sp³-hybridized carbons (Fsp3) is 0.333. The van der Waals surface area contributed by atoms with E-state index in [2.05, 4.69) is 10.3 Å². The number of ether oxygens (including phenoxy) is 1. The van der Waals surface area contributed by atoms with E-state index in [1.807, 2.05) is 60.7 Å². The minimum atomic E-state index is -0.698. The Kier molecular flexibility index (Phi) is 5.86. The molecule has 0 radical (unpaired) electrons. The number of nitrogens with one attached hydrogen (secondary N) is 1. The van der Waals surface area contributed by atoms with E-state index in [0.717, 1.165) is 65.1 Å². The molecule has 4 rings (SSSR count). The summed E-state index contributed by atoms with van der Waals surface area (Å²) in [7, 11) is 1.53. The smallest absolute Gasteiger partial charge is 0.341 e. The molecule has 1 saturated carbocycles. The zero-order valence-electron chi connectivity index (χ0n) is 17.2. The van der Waals surface area contributed by atoms with Gasteiger partial charge in [0.05, 0.1) is 16.7 Å². The van der Waals surface area contributed by atoms with Gasteiger partial charge in [-0.05, 0) is 42.7 Å². The molecule has 6 heteroatoms. The summed E-state index contributed by atoms with van der Waals surface area (Å²) in [4.78, 5) is 16.8. The van der Waals surface area contributed by atoms with Crippen LogP contribution >= 0.6 is 0 Å². The lowest BCUT2D eigenvalue weighted by Crippen LogP contribution is -2.51. The summed E-state index contributed by atoms with van der Waals surface area (Å²) in [5, 5.41) is 15.1. The number of amides is 2. The summed E-state index contributed by atoms with van der Waals surface area (Å²) in [5.74, 6) is 0.726. The monoisotopic (exact) mass is 405 g/mol. The van der Waals surface area contributed by atoms with Crippen LogP contribution in [0.1, 0.15) is 43.4 Å². The molecule has 0 aliphatic heterocycles. The third-order valence-electron chi connectivity index (χ3n) is 5.93. The van der Waals surface area contributed by atoms with E-state index in [9.17, 15) is 10.0 Å². The molecule has 1 aliphatic rings. The average Bonchev–Trinajstić information content (AvgIpc) is 2.82. The highest BCUT2D eigenvalue weighted by Gasteiger charge is 2.42. The van der Waals surface area contributed by atoms with Gasteiger partial charge in [-0.1, -0.05) is 55.7 Å². The number of hydroxylamine groups is 2. The number of benzene rings is 2. The summed E-state index contributed by atoms with van der Waals surface area (Å²) in [6, 6.07) is 19.2. The van der Waals surface area contributed by atoms with Crippen molar-refractivity contribution in [3.63, 3.8) is 0 Å². The molecule has 0 saturated heterocycles. The van der Waals surface area contributed by atoms with Crippen LogP contribution in [-0.2, 0) is 12.1 Å². The van der Waals surface area contributed by atoms with Crippen molar-refractivity contribution in [2.45, 2.75) is 44.2 Å². The number of nitrogens with zero attached hydrogens (tertiary/aromatic N) is 2. The highest BCUT2D eigenvalue weighted by atomic mass is 16.5. The Morgan fingerprint density at radius 2 is 1.80 bits per heavy atom. The Hall–Kier alpha value is -3.12. The summed E-state index contributed by atoms with van der Waals surface area (Å²) in [6.45, 7) is 0.375. The predicted octanol–water partition coefficient (Wildman–Crippen LogP) is 5.00. The molecule has 0 spiro atoms. The third-order valence-corrected chi connectivity index (χ3v) is 5.93. The Balaban J connectivity index is 1.49. The Labute approximate surface area is 176 Å². The van der Waals surface area contributed by atoms with Gasteiger partial charge in [0.25, 0.3) is 0 Å². The molecule has 6 nitrogen and oxygen atoms in total. The largest absolute Gasteiger partial charge is 0.487 e. The minimum absolute atomic E-state index is 0.375. The standard InChI is InChI=1S/C24H27N3O3/c1-25-23(28)27(29)24(15-5-2-6-16-24)19-10-13-21(14-11-19)30-17-20-12-9-18-7-3-4-8-22(18)26-20/h3-4,7-14,29H,2,5-6,15-17H2,1H3,(H,25,28). The molecule has 1 aliphatic carbocycles. The molecule has 0 unspecified atom stereocenters. The summed E-state index contributed by atoms with van der Waals surface area (Å²) >= 11 is 0. The van der Waals surface area contributed by atoms with Crippen molar-refractivity contribution in [3.8, 4) is 5.75 Å². The second kappa shape index (κ2) is 8.71. The van der Waals surface area contributed by atoms with Gasteiger partial charge in [-0.2, -0.15) is 5.06 Å². The Morgan fingerprint density at radius 1 is 1.07 bits per heavy atom. The van der Waals surface area contributed by atoms with Crippen LogP contribution in [0.4, 0.5) is 4.79 Å². The van der Waals surface area contributed by atoms with Crippen LogP contribution < -0.4 is 10.1 Å². The van der Waals surface area contributed by atoms with Crippen molar-refractivity contribution in [1.82, 2.24) is 15.4 Å². The number of para-hydroxylation sites is 1. The number of rotatable bonds is 5. The zero-order chi connectivity index (χ0) is 21.0. The van der Waals surface area contributed by atoms with Gasteiger partial charge in [-0.3, -0.25) is 5.21 Å². The quantitative estimate of drug-likeness (QED) is 0.462. The molecule has 156 valence electrons. The maximum Gasteiger partial charge on any atom is 0.341 e. The number of pyridine rings is 1. The van der Waals surface area contributed by atoms with Crippen LogP contribution in [0.3, 0.4) is 0 Å². The van der Waals surface area contributed by atoms with Crippen molar-refractivity contribution in [2.75, 3.05) is 7.05 Å². The number of fused-ring (bicyclic) bond motifs is 1. The lowest BCUT2D eigenvalue weighted by molar-refractivity contribution is -0.144. The van der Waals surface area contributed by atoms with Gasteiger partial charge < -0.3 is 10.1 Å². The molecular weight excluding hydrogens is 378 g/mol. The second-order valence-electron chi connectivity index (χ2n) is 7.77. The van der Waals surface area contributed by atoms with Gasteiger partial charge in [-0.15, -0.1) is 0 Å². The molecule has 1 heterocycles. The molecular formula is C24H27N3O3. The topological polar surface area (TPSA) is 74.7 Å². The van der Waals surface area contributed by atoms with Crippen molar-refractivity contribution in [3.05, 3.63) is 71.9 Å². The molecule has 2 amide bonds. The number of aromatic nitrogens is 1. The maximum atomic E-state index is 12.1. The number of urea groups is 1. The molecule has 2 aromatic carbocycles. The number of carbonyl (C=O) groups is 1. The number of hydrogen-bond donors (Lipinski definition) is 2. The van der Waals surface area contributed by atoms with Gasteiger partial charge in [0, 0.05) is 12.4 Å². The molecule has 1 fully saturated rings. The highest BCUT2D eigenvalue weighted by Crippen LogP contribution is 2.42. The van der Waals surface area contributed by atoms with Crippen molar-refractivity contribution >= 4 is 16.9 Å². The third kappa shape index (κ3) is 3.96. The van der Waals surface area contributed by atoms with E-state index >= 15 is 0 Å². The minimum Gasteiger partial charge on any atom is -0.487 e. The van der Waals surface area contributed by atoms with Crippen molar-refractivity contribution < 1.29 is 14.7 Å². The van der Waals surface area contributed by atoms with Crippen molar-refractivity contribution in [2.24, 2.45) is 0 Å². The normalized spacial score (nSPS) is 15.5. The first-order valence-electron chi connectivity index (χ1n) is 10.4. The van der Waals surface area contributed by atoms with Crippen molar-refractivity contribution in [1.29, 1.82) is 0 Å².